The van der Waals surface area contributed by atoms with Crippen molar-refractivity contribution in [2.75, 3.05) is 13.7 Å². The van der Waals surface area contributed by atoms with E-state index in [-0.39, 0.29) is 17.9 Å². The summed E-state index contributed by atoms with van der Waals surface area (Å²) in [5.41, 5.74) is -1.01. The summed E-state index contributed by atoms with van der Waals surface area (Å²) in [6.45, 7) is 12.0. The van der Waals surface area contributed by atoms with Gasteiger partial charge in [0.2, 0.25) is 11.8 Å². The van der Waals surface area contributed by atoms with Gasteiger partial charge in [-0.2, -0.15) is 0 Å². The molecule has 25 heavy (non-hydrogen) atoms. The van der Waals surface area contributed by atoms with Gasteiger partial charge in [0.25, 0.3) is 0 Å². The first kappa shape index (κ1) is 21.4. The van der Waals surface area contributed by atoms with Crippen molar-refractivity contribution < 1.29 is 19.1 Å². The molecule has 0 aromatic rings. The molecule has 0 bridgehead atoms. The third-order valence-corrected chi connectivity index (χ3v) is 4.38. The topological polar surface area (TPSA) is 96.5 Å². The lowest BCUT2D eigenvalue weighted by molar-refractivity contribution is -0.149. The fraction of sp³-hybridized carbons (Fsp3) is 0.833. The Labute approximate surface area is 150 Å². The number of amides is 2. The lowest BCUT2D eigenvalue weighted by Gasteiger charge is -2.35. The van der Waals surface area contributed by atoms with E-state index in [9.17, 15) is 14.4 Å². The summed E-state index contributed by atoms with van der Waals surface area (Å²) in [6.07, 6.45) is 1.70. The highest BCUT2D eigenvalue weighted by molar-refractivity contribution is 5.92. The Kier molecular flexibility index (Phi) is 6.99. The van der Waals surface area contributed by atoms with Gasteiger partial charge in [0.15, 0.2) is 0 Å². The van der Waals surface area contributed by atoms with Crippen molar-refractivity contribution in [3.05, 3.63) is 0 Å². The molecule has 1 aliphatic heterocycles. The van der Waals surface area contributed by atoms with E-state index in [0.29, 0.717) is 0 Å². The van der Waals surface area contributed by atoms with Crippen molar-refractivity contribution in [1.82, 2.24) is 16.0 Å². The Morgan fingerprint density at radius 1 is 1.00 bits per heavy atom. The van der Waals surface area contributed by atoms with Crippen LogP contribution in [0.3, 0.4) is 0 Å². The van der Waals surface area contributed by atoms with E-state index < -0.39 is 28.9 Å². The number of carbonyl (C=O) groups is 3. The maximum Gasteiger partial charge on any atom is 0.328 e. The van der Waals surface area contributed by atoms with Gasteiger partial charge in [0, 0.05) is 0 Å². The highest BCUT2D eigenvalue weighted by Gasteiger charge is 2.40. The quantitative estimate of drug-likeness (QED) is 0.639. The molecule has 1 heterocycles. The molecule has 7 nitrogen and oxygen atoms in total. The minimum atomic E-state index is -0.795. The molecular formula is C18H33N3O4. The molecule has 3 atom stereocenters. The third-order valence-electron chi connectivity index (χ3n) is 4.38. The van der Waals surface area contributed by atoms with Crippen LogP contribution in [0.2, 0.25) is 0 Å². The smallest absolute Gasteiger partial charge is 0.328 e. The zero-order chi connectivity index (χ0) is 19.4. The van der Waals surface area contributed by atoms with Crippen LogP contribution in [-0.4, -0.2) is 49.6 Å². The number of hydrogen-bond acceptors (Lipinski definition) is 5. The van der Waals surface area contributed by atoms with Gasteiger partial charge in [-0.15, -0.1) is 0 Å². The second-order valence-electron chi connectivity index (χ2n) is 8.79. The van der Waals surface area contributed by atoms with Crippen LogP contribution in [0.5, 0.6) is 0 Å². The average Bonchev–Trinajstić information content (AvgIpc) is 3.01. The molecule has 1 saturated heterocycles. The zero-order valence-electron chi connectivity index (χ0n) is 16.5. The van der Waals surface area contributed by atoms with Gasteiger partial charge in [0.05, 0.1) is 13.2 Å². The van der Waals surface area contributed by atoms with Gasteiger partial charge in [-0.05, 0) is 30.2 Å². The average molecular weight is 355 g/mol. The number of nitrogens with one attached hydrogen (secondary N) is 3. The van der Waals surface area contributed by atoms with Gasteiger partial charge >= 0.3 is 5.97 Å². The van der Waals surface area contributed by atoms with Crippen molar-refractivity contribution in [2.24, 2.45) is 10.8 Å². The maximum atomic E-state index is 12.9. The van der Waals surface area contributed by atoms with Crippen LogP contribution in [0.1, 0.15) is 54.4 Å². The fourth-order valence-electron chi connectivity index (χ4n) is 2.80. The van der Waals surface area contributed by atoms with Crippen molar-refractivity contribution in [3.8, 4) is 0 Å². The van der Waals surface area contributed by atoms with Gasteiger partial charge in [-0.25, -0.2) is 4.79 Å². The fourth-order valence-corrected chi connectivity index (χ4v) is 2.80. The zero-order valence-corrected chi connectivity index (χ0v) is 16.5. The third kappa shape index (κ3) is 5.99. The van der Waals surface area contributed by atoms with Crippen LogP contribution >= 0.6 is 0 Å². The van der Waals surface area contributed by atoms with E-state index in [1.165, 1.54) is 7.11 Å². The van der Waals surface area contributed by atoms with E-state index in [4.69, 9.17) is 4.74 Å². The molecular weight excluding hydrogens is 322 g/mol. The van der Waals surface area contributed by atoms with E-state index in [0.717, 1.165) is 19.4 Å². The van der Waals surface area contributed by atoms with Crippen LogP contribution < -0.4 is 16.0 Å². The second-order valence-corrected chi connectivity index (χ2v) is 8.79. The van der Waals surface area contributed by atoms with Crippen molar-refractivity contribution in [1.29, 1.82) is 0 Å². The highest BCUT2D eigenvalue weighted by atomic mass is 16.5. The first-order valence-electron chi connectivity index (χ1n) is 8.80. The van der Waals surface area contributed by atoms with E-state index in [2.05, 4.69) is 16.0 Å². The van der Waals surface area contributed by atoms with Gasteiger partial charge in [-0.3, -0.25) is 9.59 Å². The Bertz CT molecular complexity index is 499. The minimum absolute atomic E-state index is 0.182. The molecule has 0 aliphatic carbocycles. The number of hydrogen-bond donors (Lipinski definition) is 3. The molecule has 144 valence electrons. The Balaban J connectivity index is 2.92. The molecule has 0 unspecified atom stereocenters. The molecule has 1 fully saturated rings. The van der Waals surface area contributed by atoms with Crippen molar-refractivity contribution >= 4 is 17.8 Å². The number of rotatable bonds is 5. The summed E-state index contributed by atoms with van der Waals surface area (Å²) < 4.78 is 4.82. The summed E-state index contributed by atoms with van der Waals surface area (Å²) in [4.78, 5) is 37.4. The normalized spacial score (nSPS) is 20.5. The molecule has 2 amide bonds. The SMILES string of the molecule is COC(=O)[C@@H](NC(=O)[C@@H](NC(=O)[C@@H]1CCCN1)C(C)(C)C)C(C)(C)C. The predicted octanol–water partition coefficient (Wildman–Crippen LogP) is 0.973. The van der Waals surface area contributed by atoms with Crippen LogP contribution in [0.25, 0.3) is 0 Å². The predicted molar refractivity (Wildman–Crippen MR) is 95.8 cm³/mol. The molecule has 0 saturated carbocycles. The molecule has 7 heteroatoms. The van der Waals surface area contributed by atoms with E-state index >= 15 is 0 Å². The summed E-state index contributed by atoms with van der Waals surface area (Å²) in [7, 11) is 1.29. The van der Waals surface area contributed by atoms with E-state index in [1.54, 1.807) is 0 Å². The Hall–Kier alpha value is -1.63. The summed E-state index contributed by atoms with van der Waals surface area (Å²) >= 11 is 0. The number of ether oxygens (including phenoxy) is 1. The van der Waals surface area contributed by atoms with Crippen molar-refractivity contribution in [2.45, 2.75) is 72.5 Å². The first-order chi connectivity index (χ1) is 11.4. The Morgan fingerprint density at radius 3 is 1.96 bits per heavy atom. The van der Waals surface area contributed by atoms with Crippen LogP contribution in [0.4, 0.5) is 0 Å². The van der Waals surface area contributed by atoms with E-state index in [1.807, 2.05) is 41.5 Å². The number of esters is 1. The molecule has 3 N–H and O–H groups in total. The molecule has 0 radical (unpaired) electrons. The van der Waals surface area contributed by atoms with Crippen molar-refractivity contribution in [3.63, 3.8) is 0 Å². The molecule has 0 aromatic carbocycles. The largest absolute Gasteiger partial charge is 0.467 e. The summed E-state index contributed by atoms with van der Waals surface area (Å²) in [5, 5.41) is 8.74. The Morgan fingerprint density at radius 2 is 1.56 bits per heavy atom. The van der Waals surface area contributed by atoms with Gasteiger partial charge in [0.1, 0.15) is 12.1 Å². The van der Waals surface area contributed by atoms with Crippen LogP contribution in [0.15, 0.2) is 0 Å². The molecule has 0 aromatic heterocycles. The molecule has 1 aliphatic rings. The highest BCUT2D eigenvalue weighted by Crippen LogP contribution is 2.24. The molecule has 1 rings (SSSR count). The number of methoxy groups -OCH3 is 1. The summed E-state index contributed by atoms with van der Waals surface area (Å²) in [5.74, 6) is -1.07. The number of carbonyl (C=O) groups excluding carboxylic acids is 3. The van der Waals surface area contributed by atoms with Gasteiger partial charge < -0.3 is 20.7 Å². The first-order valence-corrected chi connectivity index (χ1v) is 8.80. The van der Waals surface area contributed by atoms with Crippen LogP contribution in [-0.2, 0) is 19.1 Å². The van der Waals surface area contributed by atoms with Gasteiger partial charge in [-0.1, -0.05) is 41.5 Å². The monoisotopic (exact) mass is 355 g/mol. The summed E-state index contributed by atoms with van der Waals surface area (Å²) in [6, 6.07) is -1.81. The lowest BCUT2D eigenvalue weighted by Crippen LogP contribution is -2.60. The second kappa shape index (κ2) is 8.17. The minimum Gasteiger partial charge on any atom is -0.467 e. The van der Waals surface area contributed by atoms with Crippen LogP contribution in [0, 0.1) is 10.8 Å². The molecule has 0 spiro atoms. The lowest BCUT2D eigenvalue weighted by atomic mass is 9.83. The maximum absolute atomic E-state index is 12.9. The standard InChI is InChI=1S/C18H33N3O4/c1-17(2,3)12(20-14(22)11-9-8-10-19-11)15(23)21-13(16(24)25-7)18(4,5)6/h11-13,19H,8-10H2,1-7H3,(H,20,22)(H,21,23)/t11-,12+,13+/m0/s1.